The molecule has 0 unspecified atom stereocenters. The molecule has 1 heterocycles. The first-order chi connectivity index (χ1) is 13.1. The van der Waals surface area contributed by atoms with E-state index in [1.807, 2.05) is 31.2 Å². The number of ether oxygens (including phenoxy) is 3. The molecule has 0 aliphatic carbocycles. The fourth-order valence-electron chi connectivity index (χ4n) is 3.01. The van der Waals surface area contributed by atoms with E-state index in [4.69, 9.17) is 14.2 Å². The molecule has 1 atom stereocenters. The molecule has 0 fully saturated rings. The minimum Gasteiger partial charge on any atom is -0.494 e. The van der Waals surface area contributed by atoms with Crippen molar-refractivity contribution < 1.29 is 23.8 Å². The third kappa shape index (κ3) is 4.58. The van der Waals surface area contributed by atoms with Gasteiger partial charge in [0.25, 0.3) is 5.91 Å². The van der Waals surface area contributed by atoms with Gasteiger partial charge in [-0.25, -0.2) is 4.79 Å². The van der Waals surface area contributed by atoms with Crippen LogP contribution in [-0.2, 0) is 20.7 Å². The summed E-state index contributed by atoms with van der Waals surface area (Å²) in [6.45, 7) is 4.41. The second-order valence-corrected chi connectivity index (χ2v) is 6.19. The van der Waals surface area contributed by atoms with E-state index in [0.29, 0.717) is 18.9 Å². The summed E-state index contributed by atoms with van der Waals surface area (Å²) in [6.07, 6.45) is -0.0590. The lowest BCUT2D eigenvalue weighted by atomic mass is 10.2. The molecule has 3 rings (SSSR count). The average molecular weight is 369 g/mol. The number of amides is 1. The molecule has 2 aromatic carbocycles. The lowest BCUT2D eigenvalue weighted by molar-refractivity contribution is -0.155. The molecule has 27 heavy (non-hydrogen) atoms. The lowest BCUT2D eigenvalue weighted by Crippen LogP contribution is -2.39. The number of fused-ring (bicyclic) bond motifs is 1. The summed E-state index contributed by atoms with van der Waals surface area (Å²) < 4.78 is 16.0. The van der Waals surface area contributed by atoms with E-state index in [0.717, 1.165) is 23.4 Å². The predicted molar refractivity (Wildman–Crippen MR) is 101 cm³/mol. The Morgan fingerprint density at radius 3 is 2.41 bits per heavy atom. The van der Waals surface area contributed by atoms with Crippen LogP contribution in [0.2, 0.25) is 0 Å². The van der Waals surface area contributed by atoms with Crippen LogP contribution >= 0.6 is 0 Å². The van der Waals surface area contributed by atoms with Crippen LogP contribution in [0.4, 0.5) is 5.69 Å². The summed E-state index contributed by atoms with van der Waals surface area (Å²) >= 11 is 0. The Labute approximate surface area is 158 Å². The topological polar surface area (TPSA) is 65.1 Å². The van der Waals surface area contributed by atoms with Crippen molar-refractivity contribution in [2.24, 2.45) is 0 Å². The fraction of sp³-hybridized carbons (Fsp3) is 0.333. The van der Waals surface area contributed by atoms with Gasteiger partial charge in [-0.3, -0.25) is 4.79 Å². The van der Waals surface area contributed by atoms with Gasteiger partial charge in [0.1, 0.15) is 11.5 Å². The van der Waals surface area contributed by atoms with E-state index in [1.54, 1.807) is 36.1 Å². The first-order valence-electron chi connectivity index (χ1n) is 9.03. The molecule has 0 saturated carbocycles. The fourth-order valence-corrected chi connectivity index (χ4v) is 3.01. The van der Waals surface area contributed by atoms with E-state index in [-0.39, 0.29) is 12.5 Å². The monoisotopic (exact) mass is 369 g/mol. The summed E-state index contributed by atoms with van der Waals surface area (Å²) in [4.78, 5) is 26.3. The molecular formula is C21H23NO5. The lowest BCUT2D eigenvalue weighted by Gasteiger charge is -2.21. The molecule has 0 radical (unpaired) electrons. The van der Waals surface area contributed by atoms with Crippen LogP contribution in [-0.4, -0.2) is 37.7 Å². The Hall–Kier alpha value is -3.02. The SMILES string of the molecule is CCOc1ccc(OCC(=O)O[C@@H](C)C(=O)N2CCc3ccccc32)cc1. The van der Waals surface area contributed by atoms with Crippen molar-refractivity contribution in [2.45, 2.75) is 26.4 Å². The standard InChI is InChI=1S/C21H23NO5/c1-3-25-17-8-10-18(11-9-17)26-14-20(23)27-15(2)21(24)22-13-12-16-6-4-5-7-19(16)22/h4-11,15H,3,12-14H2,1-2H3/t15-/m0/s1. The molecule has 0 bridgehead atoms. The molecule has 0 spiro atoms. The quantitative estimate of drug-likeness (QED) is 0.702. The number of anilines is 1. The van der Waals surface area contributed by atoms with E-state index in [9.17, 15) is 9.59 Å². The zero-order valence-corrected chi connectivity index (χ0v) is 15.5. The number of carbonyl (C=O) groups is 2. The molecule has 1 aliphatic heterocycles. The smallest absolute Gasteiger partial charge is 0.344 e. The largest absolute Gasteiger partial charge is 0.494 e. The third-order valence-electron chi connectivity index (χ3n) is 4.30. The molecule has 6 nitrogen and oxygen atoms in total. The number of para-hydroxylation sites is 1. The maximum absolute atomic E-state index is 12.6. The van der Waals surface area contributed by atoms with Crippen molar-refractivity contribution >= 4 is 17.6 Å². The highest BCUT2D eigenvalue weighted by Crippen LogP contribution is 2.28. The molecule has 142 valence electrons. The number of hydrogen-bond donors (Lipinski definition) is 0. The van der Waals surface area contributed by atoms with E-state index in [1.165, 1.54) is 0 Å². The first kappa shape index (κ1) is 18.8. The van der Waals surface area contributed by atoms with Gasteiger partial charge in [0.05, 0.1) is 6.61 Å². The number of nitrogens with zero attached hydrogens (tertiary/aromatic N) is 1. The van der Waals surface area contributed by atoms with Crippen LogP contribution in [0, 0.1) is 0 Å². The number of benzene rings is 2. The Balaban J connectivity index is 1.49. The zero-order chi connectivity index (χ0) is 19.2. The van der Waals surface area contributed by atoms with Crippen molar-refractivity contribution in [3.63, 3.8) is 0 Å². The molecule has 2 aromatic rings. The van der Waals surface area contributed by atoms with Crippen molar-refractivity contribution in [3.05, 3.63) is 54.1 Å². The highest BCUT2D eigenvalue weighted by molar-refractivity contribution is 5.99. The van der Waals surface area contributed by atoms with Crippen molar-refractivity contribution in [3.8, 4) is 11.5 Å². The van der Waals surface area contributed by atoms with E-state index in [2.05, 4.69) is 0 Å². The Morgan fingerprint density at radius 1 is 1.04 bits per heavy atom. The summed E-state index contributed by atoms with van der Waals surface area (Å²) in [6, 6.07) is 14.7. The second kappa shape index (κ2) is 8.58. The summed E-state index contributed by atoms with van der Waals surface area (Å²) in [7, 11) is 0. The van der Waals surface area contributed by atoms with Crippen LogP contribution in [0.25, 0.3) is 0 Å². The van der Waals surface area contributed by atoms with Gasteiger partial charge >= 0.3 is 5.97 Å². The van der Waals surface area contributed by atoms with Gasteiger partial charge in [-0.05, 0) is 56.2 Å². The second-order valence-electron chi connectivity index (χ2n) is 6.19. The predicted octanol–water partition coefficient (Wildman–Crippen LogP) is 2.99. The molecule has 0 N–H and O–H groups in total. The van der Waals surface area contributed by atoms with Gasteiger partial charge in [0, 0.05) is 12.2 Å². The molecule has 1 amide bonds. The molecule has 0 aromatic heterocycles. The van der Waals surface area contributed by atoms with Crippen LogP contribution in [0.15, 0.2) is 48.5 Å². The average Bonchev–Trinajstić information content (AvgIpc) is 3.11. The summed E-state index contributed by atoms with van der Waals surface area (Å²) in [5.41, 5.74) is 2.01. The zero-order valence-electron chi connectivity index (χ0n) is 15.5. The van der Waals surface area contributed by atoms with Gasteiger partial charge in [-0.15, -0.1) is 0 Å². The number of rotatable bonds is 7. The number of hydrogen-bond acceptors (Lipinski definition) is 5. The Kier molecular flexibility index (Phi) is 5.96. The van der Waals surface area contributed by atoms with Crippen LogP contribution < -0.4 is 14.4 Å². The van der Waals surface area contributed by atoms with Crippen molar-refractivity contribution in [1.29, 1.82) is 0 Å². The van der Waals surface area contributed by atoms with E-state index >= 15 is 0 Å². The van der Waals surface area contributed by atoms with Gasteiger partial charge in [0.2, 0.25) is 0 Å². The molecular weight excluding hydrogens is 346 g/mol. The summed E-state index contributed by atoms with van der Waals surface area (Å²) in [5.74, 6) is 0.451. The maximum Gasteiger partial charge on any atom is 0.344 e. The summed E-state index contributed by atoms with van der Waals surface area (Å²) in [5, 5.41) is 0. The van der Waals surface area contributed by atoms with E-state index < -0.39 is 12.1 Å². The van der Waals surface area contributed by atoms with Crippen LogP contribution in [0.1, 0.15) is 19.4 Å². The van der Waals surface area contributed by atoms with Crippen LogP contribution in [0.5, 0.6) is 11.5 Å². The normalized spacial score (nSPS) is 13.6. The minimum atomic E-state index is -0.868. The minimum absolute atomic E-state index is 0.227. The van der Waals surface area contributed by atoms with Crippen molar-refractivity contribution in [1.82, 2.24) is 0 Å². The third-order valence-corrected chi connectivity index (χ3v) is 4.30. The maximum atomic E-state index is 12.6. The Bertz CT molecular complexity index is 802. The highest BCUT2D eigenvalue weighted by Gasteiger charge is 2.29. The molecule has 6 heteroatoms. The van der Waals surface area contributed by atoms with Gasteiger partial charge in [-0.1, -0.05) is 18.2 Å². The molecule has 1 aliphatic rings. The van der Waals surface area contributed by atoms with Crippen LogP contribution in [0.3, 0.4) is 0 Å². The first-order valence-corrected chi connectivity index (χ1v) is 9.03. The highest BCUT2D eigenvalue weighted by atomic mass is 16.6. The number of carbonyl (C=O) groups excluding carboxylic acids is 2. The number of esters is 1. The van der Waals surface area contributed by atoms with Gasteiger partial charge in [0.15, 0.2) is 12.7 Å². The van der Waals surface area contributed by atoms with Crippen molar-refractivity contribution in [2.75, 3.05) is 24.7 Å². The Morgan fingerprint density at radius 2 is 1.70 bits per heavy atom. The molecule has 0 saturated heterocycles. The van der Waals surface area contributed by atoms with Gasteiger partial charge in [-0.2, -0.15) is 0 Å². The van der Waals surface area contributed by atoms with Gasteiger partial charge < -0.3 is 19.1 Å².